The van der Waals surface area contributed by atoms with Gasteiger partial charge in [0.2, 0.25) is 0 Å². The first-order chi connectivity index (χ1) is 6.72. The first-order valence-corrected chi connectivity index (χ1v) is 4.42. The summed E-state index contributed by atoms with van der Waals surface area (Å²) in [5.41, 5.74) is 1.11. The molecule has 76 valence electrons. The maximum Gasteiger partial charge on any atom is 0.195 e. The fourth-order valence-electron chi connectivity index (χ4n) is 1.07. The number of ketones is 1. The van der Waals surface area contributed by atoms with Crippen molar-refractivity contribution in [3.05, 3.63) is 29.8 Å². The van der Waals surface area contributed by atoms with Crippen LogP contribution in [0.15, 0.2) is 24.3 Å². The van der Waals surface area contributed by atoms with Crippen LogP contribution in [0.25, 0.3) is 0 Å². The third kappa shape index (κ3) is 3.58. The van der Waals surface area contributed by atoms with Crippen molar-refractivity contribution in [3.63, 3.8) is 0 Å². The van der Waals surface area contributed by atoms with Crippen LogP contribution in [0.5, 0.6) is 5.75 Å². The molecule has 0 atom stereocenters. The number of methoxy groups -OCH3 is 1. The molecule has 3 nitrogen and oxygen atoms in total. The Hall–Kier alpha value is -1.35. The highest BCUT2D eigenvalue weighted by atomic mass is 16.5. The van der Waals surface area contributed by atoms with E-state index in [0.29, 0.717) is 0 Å². The van der Waals surface area contributed by atoms with E-state index in [0.717, 1.165) is 11.3 Å². The first-order valence-electron chi connectivity index (χ1n) is 4.42. The Kier molecular flexibility index (Phi) is 4.13. The van der Waals surface area contributed by atoms with Crippen LogP contribution in [0.1, 0.15) is 5.56 Å². The zero-order chi connectivity index (χ0) is 10.4. The highest BCUT2D eigenvalue weighted by Crippen LogP contribution is 2.11. The fraction of sp³-hybridized carbons (Fsp3) is 0.364. The minimum atomic E-state index is -0.0611. The highest BCUT2D eigenvalue weighted by Gasteiger charge is 2.01. The fourth-order valence-corrected chi connectivity index (χ4v) is 1.07. The summed E-state index contributed by atoms with van der Waals surface area (Å²) < 4.78 is 9.96. The van der Waals surface area contributed by atoms with Crippen molar-refractivity contribution in [2.24, 2.45) is 0 Å². The first kappa shape index (κ1) is 10.7. The van der Waals surface area contributed by atoms with E-state index >= 15 is 0 Å². The number of Topliss-reactive ketones (excluding diaryl/α,β-unsaturated/α-hetero) is 1. The molecule has 0 unspecified atom stereocenters. The Morgan fingerprint density at radius 2 is 2.14 bits per heavy atom. The predicted octanol–water partition coefficient (Wildman–Crippen LogP) is 1.59. The van der Waals surface area contributed by atoms with Crippen molar-refractivity contribution >= 4 is 5.78 Å². The average Bonchev–Trinajstić information content (AvgIpc) is 2.15. The van der Waals surface area contributed by atoms with Crippen LogP contribution < -0.4 is 4.74 Å². The largest absolute Gasteiger partial charge is 0.486 e. The Morgan fingerprint density at radius 1 is 1.36 bits per heavy atom. The summed E-state index contributed by atoms with van der Waals surface area (Å²) in [6, 6.07) is 7.59. The van der Waals surface area contributed by atoms with Crippen molar-refractivity contribution in [2.75, 3.05) is 20.3 Å². The van der Waals surface area contributed by atoms with Gasteiger partial charge in [-0.1, -0.05) is 12.1 Å². The smallest absolute Gasteiger partial charge is 0.195 e. The molecule has 0 fully saturated rings. The molecule has 0 aromatic heterocycles. The molecule has 0 amide bonds. The van der Waals surface area contributed by atoms with E-state index < -0.39 is 0 Å². The molecule has 0 bridgehead atoms. The minimum absolute atomic E-state index is 0.0611. The number of carbonyl (C=O) groups is 1. The highest BCUT2D eigenvalue weighted by molar-refractivity contribution is 5.81. The van der Waals surface area contributed by atoms with Gasteiger partial charge in [-0.25, -0.2) is 0 Å². The molecule has 0 aliphatic rings. The Bertz CT molecular complexity index is 307. The van der Waals surface area contributed by atoms with Crippen molar-refractivity contribution in [1.29, 1.82) is 0 Å². The summed E-state index contributed by atoms with van der Waals surface area (Å²) >= 11 is 0. The second-order valence-corrected chi connectivity index (χ2v) is 3.08. The second kappa shape index (κ2) is 5.40. The number of ether oxygens (including phenoxy) is 2. The maximum absolute atomic E-state index is 11.1. The summed E-state index contributed by atoms with van der Waals surface area (Å²) in [7, 11) is 1.49. The van der Waals surface area contributed by atoms with Gasteiger partial charge in [0.05, 0.1) is 0 Å². The van der Waals surface area contributed by atoms with Gasteiger partial charge >= 0.3 is 0 Å². The van der Waals surface area contributed by atoms with Crippen LogP contribution in [0.3, 0.4) is 0 Å². The quantitative estimate of drug-likeness (QED) is 0.714. The summed E-state index contributed by atoms with van der Waals surface area (Å²) in [4.78, 5) is 11.1. The van der Waals surface area contributed by atoms with Gasteiger partial charge in [0.1, 0.15) is 19.0 Å². The van der Waals surface area contributed by atoms with Gasteiger partial charge < -0.3 is 9.47 Å². The van der Waals surface area contributed by atoms with Crippen LogP contribution in [0, 0.1) is 6.92 Å². The average molecular weight is 194 g/mol. The summed E-state index contributed by atoms with van der Waals surface area (Å²) in [6.45, 7) is 2.15. The normalized spacial score (nSPS) is 9.86. The van der Waals surface area contributed by atoms with Crippen LogP contribution in [0.4, 0.5) is 0 Å². The standard InChI is InChI=1S/C11H14O3/c1-9-4-3-5-11(6-9)14-8-10(12)7-13-2/h3-6H,7-8H2,1-2H3. The molecule has 3 heteroatoms. The third-order valence-corrected chi connectivity index (χ3v) is 1.69. The van der Waals surface area contributed by atoms with Gasteiger partial charge in [0, 0.05) is 7.11 Å². The molecular weight excluding hydrogens is 180 g/mol. The molecule has 0 N–H and O–H groups in total. The van der Waals surface area contributed by atoms with E-state index in [1.54, 1.807) is 0 Å². The number of hydrogen-bond donors (Lipinski definition) is 0. The molecular formula is C11H14O3. The molecule has 0 spiro atoms. The molecule has 0 aliphatic carbocycles. The zero-order valence-corrected chi connectivity index (χ0v) is 8.45. The topological polar surface area (TPSA) is 35.5 Å². The minimum Gasteiger partial charge on any atom is -0.486 e. The van der Waals surface area contributed by atoms with Crippen molar-refractivity contribution in [2.45, 2.75) is 6.92 Å². The molecule has 14 heavy (non-hydrogen) atoms. The number of benzene rings is 1. The summed E-state index contributed by atoms with van der Waals surface area (Å²) in [5, 5.41) is 0. The molecule has 1 aromatic carbocycles. The van der Waals surface area contributed by atoms with Gasteiger partial charge in [-0.05, 0) is 24.6 Å². The van der Waals surface area contributed by atoms with Crippen molar-refractivity contribution in [3.8, 4) is 5.75 Å². The lowest BCUT2D eigenvalue weighted by Crippen LogP contribution is -2.16. The maximum atomic E-state index is 11.1. The molecule has 1 aromatic rings. The summed E-state index contributed by atoms with van der Waals surface area (Å²) in [5.74, 6) is 0.656. The van der Waals surface area contributed by atoms with Gasteiger partial charge in [-0.3, -0.25) is 4.79 Å². The lowest BCUT2D eigenvalue weighted by Gasteiger charge is -2.05. The van der Waals surface area contributed by atoms with E-state index in [9.17, 15) is 4.79 Å². The number of rotatable bonds is 5. The molecule has 0 saturated heterocycles. The van der Waals surface area contributed by atoms with E-state index in [2.05, 4.69) is 4.74 Å². The number of aryl methyl sites for hydroxylation is 1. The predicted molar refractivity (Wildman–Crippen MR) is 53.6 cm³/mol. The molecule has 0 aliphatic heterocycles. The lowest BCUT2D eigenvalue weighted by molar-refractivity contribution is -0.124. The number of hydrogen-bond acceptors (Lipinski definition) is 3. The molecule has 0 radical (unpaired) electrons. The van der Waals surface area contributed by atoms with Gasteiger partial charge in [0.25, 0.3) is 0 Å². The Labute approximate surface area is 83.6 Å². The SMILES string of the molecule is COCC(=O)COc1cccc(C)c1. The molecule has 1 rings (SSSR count). The third-order valence-electron chi connectivity index (χ3n) is 1.69. The van der Waals surface area contributed by atoms with E-state index in [-0.39, 0.29) is 19.0 Å². The summed E-state index contributed by atoms with van der Waals surface area (Å²) in [6.07, 6.45) is 0. The van der Waals surface area contributed by atoms with E-state index in [1.807, 2.05) is 31.2 Å². The zero-order valence-electron chi connectivity index (χ0n) is 8.45. The lowest BCUT2D eigenvalue weighted by atomic mass is 10.2. The van der Waals surface area contributed by atoms with Crippen molar-refractivity contribution in [1.82, 2.24) is 0 Å². The van der Waals surface area contributed by atoms with Crippen LogP contribution >= 0.6 is 0 Å². The van der Waals surface area contributed by atoms with Crippen LogP contribution in [-0.4, -0.2) is 26.1 Å². The molecule has 0 saturated carbocycles. The Morgan fingerprint density at radius 3 is 2.79 bits per heavy atom. The van der Waals surface area contributed by atoms with Crippen LogP contribution in [0.2, 0.25) is 0 Å². The van der Waals surface area contributed by atoms with Gasteiger partial charge in [-0.15, -0.1) is 0 Å². The van der Waals surface area contributed by atoms with E-state index in [4.69, 9.17) is 4.74 Å². The Balaban J connectivity index is 2.41. The second-order valence-electron chi connectivity index (χ2n) is 3.08. The monoisotopic (exact) mass is 194 g/mol. The van der Waals surface area contributed by atoms with Crippen LogP contribution in [-0.2, 0) is 9.53 Å². The molecule has 0 heterocycles. The van der Waals surface area contributed by atoms with Gasteiger partial charge in [-0.2, -0.15) is 0 Å². The van der Waals surface area contributed by atoms with Crippen molar-refractivity contribution < 1.29 is 14.3 Å². The van der Waals surface area contributed by atoms with E-state index in [1.165, 1.54) is 7.11 Å². The van der Waals surface area contributed by atoms with Gasteiger partial charge in [0.15, 0.2) is 5.78 Å². The number of carbonyl (C=O) groups excluding carboxylic acids is 1.